The van der Waals surface area contributed by atoms with Crippen molar-refractivity contribution in [2.45, 2.75) is 38.8 Å². The molecule has 1 N–H and O–H groups in total. The molecule has 0 bridgehead atoms. The summed E-state index contributed by atoms with van der Waals surface area (Å²) in [6.45, 7) is 9.49. The van der Waals surface area contributed by atoms with Crippen LogP contribution in [0.2, 0.25) is 0 Å². The predicted octanol–water partition coefficient (Wildman–Crippen LogP) is 1.71. The van der Waals surface area contributed by atoms with Crippen molar-refractivity contribution in [3.8, 4) is 0 Å². The van der Waals surface area contributed by atoms with E-state index in [1.165, 1.54) is 5.56 Å². The summed E-state index contributed by atoms with van der Waals surface area (Å²) >= 11 is 0. The lowest BCUT2D eigenvalue weighted by Gasteiger charge is -2.37. The van der Waals surface area contributed by atoms with Gasteiger partial charge in [0.05, 0.1) is 12.7 Å². The van der Waals surface area contributed by atoms with E-state index in [9.17, 15) is 0 Å². The molecule has 112 valence electrons. The van der Waals surface area contributed by atoms with Gasteiger partial charge in [-0.05, 0) is 37.6 Å². The van der Waals surface area contributed by atoms with Crippen LogP contribution in [0.5, 0.6) is 0 Å². The lowest BCUT2D eigenvalue weighted by Crippen LogP contribution is -2.53. The Morgan fingerprint density at radius 2 is 2.40 bits per heavy atom. The largest absolute Gasteiger partial charge is 0.374 e. The van der Waals surface area contributed by atoms with Crippen LogP contribution in [0.25, 0.3) is 0 Å². The van der Waals surface area contributed by atoms with E-state index in [0.717, 1.165) is 45.6 Å². The van der Waals surface area contributed by atoms with Crippen molar-refractivity contribution < 1.29 is 4.74 Å². The average molecular weight is 277 g/mol. The van der Waals surface area contributed by atoms with Crippen LogP contribution in [0.15, 0.2) is 24.5 Å². The molecule has 0 amide bonds. The first-order chi connectivity index (χ1) is 9.83. The Kier molecular flexibility index (Phi) is 6.43. The SMILES string of the molecule is CCCNC(Cc1cccnc1)C1CN(CC)CCO1. The van der Waals surface area contributed by atoms with Gasteiger partial charge in [0, 0.05) is 31.5 Å². The molecule has 4 nitrogen and oxygen atoms in total. The zero-order chi connectivity index (χ0) is 14.2. The molecule has 4 heteroatoms. The molecule has 20 heavy (non-hydrogen) atoms. The van der Waals surface area contributed by atoms with Crippen LogP contribution in [0.3, 0.4) is 0 Å². The minimum Gasteiger partial charge on any atom is -0.374 e. The maximum absolute atomic E-state index is 6.02. The van der Waals surface area contributed by atoms with Crippen LogP contribution in [-0.4, -0.2) is 54.8 Å². The number of likely N-dealkylation sites (N-methyl/N-ethyl adjacent to an activating group) is 1. The molecule has 0 radical (unpaired) electrons. The fourth-order valence-electron chi connectivity index (χ4n) is 2.70. The monoisotopic (exact) mass is 277 g/mol. The van der Waals surface area contributed by atoms with E-state index in [4.69, 9.17) is 4.74 Å². The van der Waals surface area contributed by atoms with E-state index < -0.39 is 0 Å². The van der Waals surface area contributed by atoms with Crippen molar-refractivity contribution in [2.24, 2.45) is 0 Å². The van der Waals surface area contributed by atoms with Gasteiger partial charge in [0.15, 0.2) is 0 Å². The first-order valence-electron chi connectivity index (χ1n) is 7.79. The number of nitrogens with one attached hydrogen (secondary N) is 1. The maximum atomic E-state index is 6.02. The third-order valence-electron chi connectivity index (χ3n) is 3.91. The predicted molar refractivity (Wildman–Crippen MR) is 81.9 cm³/mol. The van der Waals surface area contributed by atoms with Gasteiger partial charge in [0.1, 0.15) is 0 Å². The van der Waals surface area contributed by atoms with Gasteiger partial charge >= 0.3 is 0 Å². The second-order valence-corrected chi connectivity index (χ2v) is 5.43. The molecule has 0 saturated carbocycles. The van der Waals surface area contributed by atoms with Crippen molar-refractivity contribution in [2.75, 3.05) is 32.8 Å². The molecule has 1 aliphatic heterocycles. The van der Waals surface area contributed by atoms with Crippen LogP contribution >= 0.6 is 0 Å². The van der Waals surface area contributed by atoms with Crippen molar-refractivity contribution >= 4 is 0 Å². The van der Waals surface area contributed by atoms with Crippen LogP contribution in [0.4, 0.5) is 0 Å². The van der Waals surface area contributed by atoms with E-state index in [1.807, 2.05) is 18.5 Å². The number of aromatic nitrogens is 1. The van der Waals surface area contributed by atoms with Crippen LogP contribution in [0, 0.1) is 0 Å². The first-order valence-corrected chi connectivity index (χ1v) is 7.79. The summed E-state index contributed by atoms with van der Waals surface area (Å²) in [4.78, 5) is 6.69. The Balaban J connectivity index is 1.98. The Labute approximate surface area is 122 Å². The van der Waals surface area contributed by atoms with E-state index in [0.29, 0.717) is 6.04 Å². The number of ether oxygens (including phenoxy) is 1. The summed E-state index contributed by atoms with van der Waals surface area (Å²) in [6, 6.07) is 4.52. The number of morpholine rings is 1. The summed E-state index contributed by atoms with van der Waals surface area (Å²) in [7, 11) is 0. The normalized spacial score (nSPS) is 21.8. The second-order valence-electron chi connectivity index (χ2n) is 5.43. The van der Waals surface area contributed by atoms with Gasteiger partial charge in [-0.3, -0.25) is 9.88 Å². The fourth-order valence-corrected chi connectivity index (χ4v) is 2.70. The molecule has 1 aromatic rings. The molecule has 2 atom stereocenters. The summed E-state index contributed by atoms with van der Waals surface area (Å²) < 4.78 is 6.02. The fraction of sp³-hybridized carbons (Fsp3) is 0.688. The topological polar surface area (TPSA) is 37.4 Å². The number of nitrogens with zero attached hydrogens (tertiary/aromatic N) is 2. The zero-order valence-corrected chi connectivity index (χ0v) is 12.7. The number of rotatable bonds is 7. The van der Waals surface area contributed by atoms with Gasteiger partial charge < -0.3 is 10.1 Å². The minimum atomic E-state index is 0.274. The van der Waals surface area contributed by atoms with Gasteiger partial charge in [-0.15, -0.1) is 0 Å². The molecular formula is C16H27N3O. The minimum absolute atomic E-state index is 0.274. The van der Waals surface area contributed by atoms with Crippen LogP contribution < -0.4 is 5.32 Å². The molecule has 0 aliphatic carbocycles. The molecule has 1 aromatic heterocycles. The van der Waals surface area contributed by atoms with Gasteiger partial charge in [-0.2, -0.15) is 0 Å². The van der Waals surface area contributed by atoms with Crippen molar-refractivity contribution in [1.82, 2.24) is 15.2 Å². The second kappa shape index (κ2) is 8.35. The number of hydrogen-bond donors (Lipinski definition) is 1. The third kappa shape index (κ3) is 4.54. The molecule has 2 unspecified atom stereocenters. The van der Waals surface area contributed by atoms with Gasteiger partial charge in [-0.1, -0.05) is 19.9 Å². The lowest BCUT2D eigenvalue weighted by atomic mass is 10.0. The Morgan fingerprint density at radius 1 is 1.50 bits per heavy atom. The van der Waals surface area contributed by atoms with Crippen LogP contribution in [-0.2, 0) is 11.2 Å². The van der Waals surface area contributed by atoms with Crippen LogP contribution in [0.1, 0.15) is 25.8 Å². The molecule has 2 rings (SSSR count). The van der Waals surface area contributed by atoms with E-state index in [1.54, 1.807) is 0 Å². The lowest BCUT2D eigenvalue weighted by molar-refractivity contribution is -0.0447. The molecule has 1 fully saturated rings. The highest BCUT2D eigenvalue weighted by Gasteiger charge is 2.27. The highest BCUT2D eigenvalue weighted by molar-refractivity contribution is 5.11. The summed E-state index contributed by atoms with van der Waals surface area (Å²) in [6.07, 6.45) is 6.19. The maximum Gasteiger partial charge on any atom is 0.0858 e. The van der Waals surface area contributed by atoms with Gasteiger partial charge in [0.25, 0.3) is 0 Å². The van der Waals surface area contributed by atoms with Crippen molar-refractivity contribution in [1.29, 1.82) is 0 Å². The van der Waals surface area contributed by atoms with Gasteiger partial charge in [-0.25, -0.2) is 0 Å². The molecular weight excluding hydrogens is 250 g/mol. The Bertz CT molecular complexity index is 371. The third-order valence-corrected chi connectivity index (χ3v) is 3.91. The first kappa shape index (κ1) is 15.4. The number of hydrogen-bond acceptors (Lipinski definition) is 4. The molecule has 1 aliphatic rings. The summed E-state index contributed by atoms with van der Waals surface area (Å²) in [5, 5.41) is 3.65. The van der Waals surface area contributed by atoms with Crippen molar-refractivity contribution in [3.63, 3.8) is 0 Å². The highest BCUT2D eigenvalue weighted by atomic mass is 16.5. The summed E-state index contributed by atoms with van der Waals surface area (Å²) in [5.41, 5.74) is 1.28. The zero-order valence-electron chi connectivity index (χ0n) is 12.7. The highest BCUT2D eigenvalue weighted by Crippen LogP contribution is 2.13. The average Bonchev–Trinajstić information content (AvgIpc) is 2.52. The quantitative estimate of drug-likeness (QED) is 0.823. The van der Waals surface area contributed by atoms with E-state index >= 15 is 0 Å². The van der Waals surface area contributed by atoms with Gasteiger partial charge in [0.2, 0.25) is 0 Å². The Morgan fingerprint density at radius 3 is 3.10 bits per heavy atom. The summed E-state index contributed by atoms with van der Waals surface area (Å²) in [5.74, 6) is 0. The number of pyridine rings is 1. The molecule has 1 saturated heterocycles. The van der Waals surface area contributed by atoms with E-state index in [2.05, 4.69) is 35.1 Å². The molecule has 2 heterocycles. The standard InChI is InChI=1S/C16H27N3O/c1-3-7-18-15(11-14-6-5-8-17-12-14)16-13-19(4-2)9-10-20-16/h5-6,8,12,15-16,18H,3-4,7,9-11,13H2,1-2H3. The smallest absolute Gasteiger partial charge is 0.0858 e. The van der Waals surface area contributed by atoms with Crippen molar-refractivity contribution in [3.05, 3.63) is 30.1 Å². The Hall–Kier alpha value is -0.970. The molecule has 0 aromatic carbocycles. The van der Waals surface area contributed by atoms with E-state index in [-0.39, 0.29) is 6.10 Å². The molecule has 0 spiro atoms.